The van der Waals surface area contributed by atoms with Gasteiger partial charge in [-0.15, -0.1) is 0 Å². The average molecular weight is 763 g/mol. The third-order valence-electron chi connectivity index (χ3n) is 9.01. The summed E-state index contributed by atoms with van der Waals surface area (Å²) >= 11 is 3.54. The van der Waals surface area contributed by atoms with Gasteiger partial charge in [-0.05, 0) is 67.3 Å². The monoisotopic (exact) mass is 761 g/mol. The minimum absolute atomic E-state index is 0.0202. The smallest absolute Gasteiger partial charge is 0.264 e. The molecule has 4 aromatic carbocycles. The summed E-state index contributed by atoms with van der Waals surface area (Å²) in [5.41, 5.74) is 2.92. The number of anilines is 1. The number of ether oxygens (including phenoxy) is 2. The third kappa shape index (κ3) is 9.25. The Morgan fingerprint density at radius 2 is 1.52 bits per heavy atom. The van der Waals surface area contributed by atoms with Gasteiger partial charge in [-0.25, -0.2) is 8.42 Å². The number of halogens is 1. The van der Waals surface area contributed by atoms with E-state index >= 15 is 0 Å². The van der Waals surface area contributed by atoms with Crippen molar-refractivity contribution in [3.63, 3.8) is 0 Å². The molecule has 50 heavy (non-hydrogen) atoms. The molecule has 0 aromatic heterocycles. The predicted octanol–water partition coefficient (Wildman–Crippen LogP) is 7.06. The summed E-state index contributed by atoms with van der Waals surface area (Å²) in [4.78, 5) is 30.5. The number of rotatable bonds is 14. The molecule has 0 heterocycles. The molecule has 1 saturated carbocycles. The number of carbonyl (C=O) groups is 2. The lowest BCUT2D eigenvalue weighted by atomic mass is 9.94. The van der Waals surface area contributed by atoms with E-state index in [0.717, 1.165) is 57.6 Å². The Kier molecular flexibility index (Phi) is 12.6. The minimum Gasteiger partial charge on any atom is -0.493 e. The van der Waals surface area contributed by atoms with Crippen molar-refractivity contribution < 1.29 is 27.5 Å². The molecule has 0 spiro atoms. The first-order chi connectivity index (χ1) is 24.1. The normalized spacial score (nSPS) is 14.0. The second-order valence-electron chi connectivity index (χ2n) is 12.6. The zero-order valence-electron chi connectivity index (χ0n) is 28.7. The topological polar surface area (TPSA) is 105 Å². The Hall–Kier alpha value is -4.35. The first-order valence-corrected chi connectivity index (χ1v) is 19.0. The van der Waals surface area contributed by atoms with E-state index in [1.807, 2.05) is 61.5 Å². The molecule has 11 heteroatoms. The fraction of sp³-hybridized carbons (Fsp3) is 0.333. The predicted molar refractivity (Wildman–Crippen MR) is 199 cm³/mol. The summed E-state index contributed by atoms with van der Waals surface area (Å²) in [7, 11) is -1.42. The van der Waals surface area contributed by atoms with E-state index in [-0.39, 0.29) is 35.6 Å². The van der Waals surface area contributed by atoms with Crippen molar-refractivity contribution in [1.29, 1.82) is 0 Å². The van der Waals surface area contributed by atoms with Gasteiger partial charge in [0.05, 0.1) is 24.8 Å². The Bertz CT molecular complexity index is 1860. The molecule has 0 radical (unpaired) electrons. The molecule has 0 bridgehead atoms. The zero-order chi connectivity index (χ0) is 35.7. The van der Waals surface area contributed by atoms with E-state index < -0.39 is 28.5 Å². The number of sulfonamides is 1. The number of hydrogen-bond donors (Lipinski definition) is 1. The van der Waals surface area contributed by atoms with Crippen molar-refractivity contribution >= 4 is 43.5 Å². The van der Waals surface area contributed by atoms with Crippen molar-refractivity contribution in [1.82, 2.24) is 10.2 Å². The second kappa shape index (κ2) is 17.0. The molecule has 264 valence electrons. The highest BCUT2D eigenvalue weighted by Crippen LogP contribution is 2.33. The zero-order valence-corrected chi connectivity index (χ0v) is 31.1. The number of nitrogens with one attached hydrogen (secondary N) is 1. The standard InChI is InChI=1S/C39H44BrN3O6S/c1-28-17-19-33(20-18-28)43(50(46,47)34-21-22-36(48-2)37(25-34)49-3)27-38(44)42(26-30-13-10-14-31(40)23-30)35(24-29-11-6-4-7-12-29)39(45)41-32-15-8-5-9-16-32/h4,6-7,10-14,17-23,25,32,35H,5,8-9,15-16,24,26-27H2,1-3H3,(H,41,45)/t35-/m0/s1. The van der Waals surface area contributed by atoms with Crippen LogP contribution in [0.3, 0.4) is 0 Å². The highest BCUT2D eigenvalue weighted by atomic mass is 79.9. The minimum atomic E-state index is -4.32. The molecule has 1 aliphatic carbocycles. The van der Waals surface area contributed by atoms with Crippen LogP contribution in [0.4, 0.5) is 5.69 Å². The van der Waals surface area contributed by atoms with Gasteiger partial charge >= 0.3 is 0 Å². The van der Waals surface area contributed by atoms with Gasteiger partial charge < -0.3 is 19.7 Å². The maximum absolute atomic E-state index is 14.8. The van der Waals surface area contributed by atoms with Crippen LogP contribution in [-0.4, -0.2) is 58.0 Å². The van der Waals surface area contributed by atoms with Gasteiger partial charge in [0.1, 0.15) is 12.6 Å². The number of nitrogens with zero attached hydrogens (tertiary/aromatic N) is 2. The van der Waals surface area contributed by atoms with Crippen LogP contribution in [0.15, 0.2) is 106 Å². The van der Waals surface area contributed by atoms with Gasteiger partial charge in [0, 0.05) is 29.5 Å². The average Bonchev–Trinajstić information content (AvgIpc) is 3.12. The molecule has 1 N–H and O–H groups in total. The summed E-state index contributed by atoms with van der Waals surface area (Å²) in [5.74, 6) is -0.164. The molecule has 4 aromatic rings. The van der Waals surface area contributed by atoms with Crippen LogP contribution in [0, 0.1) is 6.92 Å². The Morgan fingerprint density at radius 3 is 2.18 bits per heavy atom. The molecule has 2 amide bonds. The fourth-order valence-corrected chi connectivity index (χ4v) is 8.15. The number of hydrogen-bond acceptors (Lipinski definition) is 6. The molecule has 5 rings (SSSR count). The number of carbonyl (C=O) groups excluding carboxylic acids is 2. The van der Waals surface area contributed by atoms with Crippen LogP contribution < -0.4 is 19.1 Å². The summed E-state index contributed by atoms with van der Waals surface area (Å²) in [6, 6.07) is 27.5. The quantitative estimate of drug-likeness (QED) is 0.148. The van der Waals surface area contributed by atoms with Gasteiger partial charge in [0.2, 0.25) is 11.8 Å². The van der Waals surface area contributed by atoms with E-state index in [2.05, 4.69) is 21.2 Å². The van der Waals surface area contributed by atoms with Gasteiger partial charge in [-0.2, -0.15) is 0 Å². The lowest BCUT2D eigenvalue weighted by Crippen LogP contribution is -2.55. The first kappa shape index (κ1) is 36.9. The van der Waals surface area contributed by atoms with E-state index in [4.69, 9.17) is 9.47 Å². The first-order valence-electron chi connectivity index (χ1n) is 16.8. The number of methoxy groups -OCH3 is 2. The van der Waals surface area contributed by atoms with Gasteiger partial charge in [-0.3, -0.25) is 13.9 Å². The van der Waals surface area contributed by atoms with Crippen LogP contribution >= 0.6 is 15.9 Å². The fourth-order valence-electron chi connectivity index (χ4n) is 6.27. The summed E-state index contributed by atoms with van der Waals surface area (Å²) in [6.07, 6.45) is 5.23. The highest BCUT2D eigenvalue weighted by molar-refractivity contribution is 9.10. The van der Waals surface area contributed by atoms with Gasteiger partial charge in [0.25, 0.3) is 10.0 Å². The molecule has 1 fully saturated rings. The lowest BCUT2D eigenvalue weighted by molar-refractivity contribution is -0.140. The van der Waals surface area contributed by atoms with Crippen molar-refractivity contribution in [3.8, 4) is 11.5 Å². The molecule has 0 saturated heterocycles. The van der Waals surface area contributed by atoms with Crippen molar-refractivity contribution in [3.05, 3.63) is 118 Å². The van der Waals surface area contributed by atoms with E-state index in [0.29, 0.717) is 11.4 Å². The Balaban J connectivity index is 1.58. The summed E-state index contributed by atoms with van der Waals surface area (Å²) in [5, 5.41) is 3.24. The summed E-state index contributed by atoms with van der Waals surface area (Å²) in [6.45, 7) is 1.45. The van der Waals surface area contributed by atoms with E-state index in [1.54, 1.807) is 24.3 Å². The van der Waals surface area contributed by atoms with Crippen LogP contribution in [0.25, 0.3) is 0 Å². The largest absolute Gasteiger partial charge is 0.493 e. The molecule has 0 unspecified atom stereocenters. The van der Waals surface area contributed by atoms with Gasteiger partial charge in [-0.1, -0.05) is 95.4 Å². The third-order valence-corrected chi connectivity index (χ3v) is 11.3. The molecule has 1 aliphatic rings. The van der Waals surface area contributed by atoms with E-state index in [9.17, 15) is 18.0 Å². The molecule has 1 atom stereocenters. The Morgan fingerprint density at radius 1 is 0.840 bits per heavy atom. The molecule has 9 nitrogen and oxygen atoms in total. The Labute approximate surface area is 303 Å². The number of benzene rings is 4. The van der Waals surface area contributed by atoms with Crippen molar-refractivity contribution in [2.45, 2.75) is 69.0 Å². The van der Waals surface area contributed by atoms with Crippen LogP contribution in [0.2, 0.25) is 0 Å². The molecular formula is C39H44BrN3O6S. The second-order valence-corrected chi connectivity index (χ2v) is 15.3. The van der Waals surface area contributed by atoms with Crippen LogP contribution in [-0.2, 0) is 32.6 Å². The maximum atomic E-state index is 14.8. The maximum Gasteiger partial charge on any atom is 0.264 e. The van der Waals surface area contributed by atoms with Crippen molar-refractivity contribution in [2.75, 3.05) is 25.1 Å². The van der Waals surface area contributed by atoms with Crippen LogP contribution in [0.5, 0.6) is 11.5 Å². The van der Waals surface area contributed by atoms with Gasteiger partial charge in [0.15, 0.2) is 11.5 Å². The lowest BCUT2D eigenvalue weighted by Gasteiger charge is -2.35. The number of aryl methyl sites for hydroxylation is 1. The summed E-state index contributed by atoms with van der Waals surface area (Å²) < 4.78 is 41.6. The molecular weight excluding hydrogens is 718 g/mol. The SMILES string of the molecule is COc1ccc(S(=O)(=O)N(CC(=O)N(Cc2cccc(Br)c2)[C@@H](Cc2ccccc2)C(=O)NC2CCCCC2)c2ccc(C)cc2)cc1OC. The highest BCUT2D eigenvalue weighted by Gasteiger charge is 2.35. The molecule has 0 aliphatic heterocycles. The van der Waals surface area contributed by atoms with E-state index in [1.165, 1.54) is 37.3 Å². The number of amides is 2. The van der Waals surface area contributed by atoms with Crippen molar-refractivity contribution in [2.24, 2.45) is 0 Å². The van der Waals surface area contributed by atoms with Crippen LogP contribution in [0.1, 0.15) is 48.8 Å².